The van der Waals surface area contributed by atoms with E-state index >= 15 is 0 Å². The molecule has 132 valence electrons. The van der Waals surface area contributed by atoms with E-state index in [2.05, 4.69) is 72.9 Å². The van der Waals surface area contributed by atoms with E-state index in [1.54, 1.807) is 0 Å². The average Bonchev–Trinajstić information content (AvgIpc) is 2.98. The Labute approximate surface area is 151 Å². The van der Waals surface area contributed by atoms with Gasteiger partial charge in [-0.05, 0) is 29.5 Å². The highest BCUT2D eigenvalue weighted by Crippen LogP contribution is 2.21. The van der Waals surface area contributed by atoms with Gasteiger partial charge in [-0.25, -0.2) is 4.98 Å². The fourth-order valence-corrected chi connectivity index (χ4v) is 3.35. The predicted octanol–water partition coefficient (Wildman–Crippen LogP) is 5.34. The number of benzene rings is 2. The molecule has 0 amide bonds. The summed E-state index contributed by atoms with van der Waals surface area (Å²) in [5, 5.41) is 0. The summed E-state index contributed by atoms with van der Waals surface area (Å²) in [6, 6.07) is 17.0. The molecule has 3 heteroatoms. The minimum Gasteiger partial charge on any atom is -0.338 e. The number of H-pyrrole nitrogens is 1. The molecule has 1 aromatic heterocycles. The number of aromatic amines is 1. The highest BCUT2D eigenvalue weighted by molar-refractivity contribution is 5.79. The van der Waals surface area contributed by atoms with E-state index in [1.165, 1.54) is 5.56 Å². The number of nitrogens with one attached hydrogen (secondary N) is 1. The third-order valence-corrected chi connectivity index (χ3v) is 4.27. The first-order chi connectivity index (χ1) is 12.0. The van der Waals surface area contributed by atoms with Gasteiger partial charge in [0.25, 0.3) is 0 Å². The predicted molar refractivity (Wildman–Crippen MR) is 106 cm³/mol. The van der Waals surface area contributed by atoms with Crippen molar-refractivity contribution in [3.05, 3.63) is 54.1 Å². The smallest absolute Gasteiger partial charge is 0.138 e. The molecule has 0 aliphatic carbocycles. The zero-order chi connectivity index (χ0) is 17.8. The first-order valence-electron chi connectivity index (χ1n) is 9.27. The molecule has 25 heavy (non-hydrogen) atoms. The molecule has 0 aliphatic rings. The molecular weight excluding hydrogens is 306 g/mol. The van der Waals surface area contributed by atoms with Crippen LogP contribution < -0.4 is 0 Å². The van der Waals surface area contributed by atoms with E-state index < -0.39 is 0 Å². The van der Waals surface area contributed by atoms with E-state index in [0.29, 0.717) is 11.8 Å². The zero-order valence-corrected chi connectivity index (χ0v) is 15.8. The number of aromatic nitrogens is 2. The molecule has 1 heterocycles. The van der Waals surface area contributed by atoms with Crippen LogP contribution in [0.3, 0.4) is 0 Å². The lowest BCUT2D eigenvalue weighted by atomic mass is 10.1. The number of nitrogens with zero attached hydrogens (tertiary/aromatic N) is 2. The molecule has 0 unspecified atom stereocenters. The van der Waals surface area contributed by atoms with Gasteiger partial charge in [0.1, 0.15) is 5.82 Å². The lowest BCUT2D eigenvalue weighted by Crippen LogP contribution is -2.30. The summed E-state index contributed by atoms with van der Waals surface area (Å²) < 4.78 is 0. The SMILES string of the molecule is CC(C)CN(Cc1ccc(-c2nc3ccccc3[nH]2)cc1)CC(C)C. The van der Waals surface area contributed by atoms with Crippen molar-refractivity contribution in [1.29, 1.82) is 0 Å². The van der Waals surface area contributed by atoms with E-state index in [-0.39, 0.29) is 0 Å². The summed E-state index contributed by atoms with van der Waals surface area (Å²) in [7, 11) is 0. The van der Waals surface area contributed by atoms with Gasteiger partial charge in [-0.2, -0.15) is 0 Å². The van der Waals surface area contributed by atoms with Crippen molar-refractivity contribution in [3.63, 3.8) is 0 Å². The van der Waals surface area contributed by atoms with Crippen LogP contribution in [0.15, 0.2) is 48.5 Å². The van der Waals surface area contributed by atoms with Crippen LogP contribution in [0.25, 0.3) is 22.4 Å². The molecule has 2 aromatic carbocycles. The minimum atomic E-state index is 0.688. The maximum Gasteiger partial charge on any atom is 0.138 e. The quantitative estimate of drug-likeness (QED) is 0.631. The molecule has 0 fully saturated rings. The number of rotatable bonds is 7. The lowest BCUT2D eigenvalue weighted by Gasteiger charge is -2.26. The van der Waals surface area contributed by atoms with Gasteiger partial charge in [0.15, 0.2) is 0 Å². The number of fused-ring (bicyclic) bond motifs is 1. The highest BCUT2D eigenvalue weighted by Gasteiger charge is 2.11. The monoisotopic (exact) mass is 335 g/mol. The fraction of sp³-hybridized carbons (Fsp3) is 0.409. The molecule has 0 aliphatic heterocycles. The van der Waals surface area contributed by atoms with Crippen LogP contribution in [0, 0.1) is 11.8 Å². The van der Waals surface area contributed by atoms with Gasteiger partial charge in [-0.3, -0.25) is 4.90 Å². The summed E-state index contributed by atoms with van der Waals surface area (Å²) in [4.78, 5) is 10.7. The first-order valence-corrected chi connectivity index (χ1v) is 9.27. The van der Waals surface area contributed by atoms with Gasteiger partial charge >= 0.3 is 0 Å². The minimum absolute atomic E-state index is 0.688. The summed E-state index contributed by atoms with van der Waals surface area (Å²) in [5.41, 5.74) is 4.60. The molecule has 0 bridgehead atoms. The van der Waals surface area contributed by atoms with E-state index in [0.717, 1.165) is 42.1 Å². The number of hydrogen-bond donors (Lipinski definition) is 1. The molecule has 1 N–H and O–H groups in total. The third-order valence-electron chi connectivity index (χ3n) is 4.27. The van der Waals surface area contributed by atoms with Crippen LogP contribution in [-0.2, 0) is 6.54 Å². The lowest BCUT2D eigenvalue weighted by molar-refractivity contribution is 0.211. The Hall–Kier alpha value is -2.13. The molecule has 0 spiro atoms. The normalized spacial score (nSPS) is 12.0. The van der Waals surface area contributed by atoms with Crippen molar-refractivity contribution in [2.45, 2.75) is 34.2 Å². The van der Waals surface area contributed by atoms with Gasteiger partial charge in [0, 0.05) is 25.2 Å². The number of para-hydroxylation sites is 2. The number of imidazole rings is 1. The fourth-order valence-electron chi connectivity index (χ4n) is 3.35. The van der Waals surface area contributed by atoms with Crippen LogP contribution in [0.4, 0.5) is 0 Å². The Kier molecular flexibility index (Phi) is 5.54. The van der Waals surface area contributed by atoms with Gasteiger partial charge < -0.3 is 4.98 Å². The maximum atomic E-state index is 4.69. The second kappa shape index (κ2) is 7.83. The third kappa shape index (κ3) is 4.70. The molecule has 0 radical (unpaired) electrons. The number of hydrogen-bond acceptors (Lipinski definition) is 2. The Balaban J connectivity index is 1.74. The van der Waals surface area contributed by atoms with Crippen molar-refractivity contribution in [3.8, 4) is 11.4 Å². The Morgan fingerprint density at radius 2 is 1.52 bits per heavy atom. The molecule has 3 rings (SSSR count). The average molecular weight is 335 g/mol. The largest absolute Gasteiger partial charge is 0.338 e. The second-order valence-electron chi connectivity index (χ2n) is 7.78. The standard InChI is InChI=1S/C22H29N3/c1-16(2)13-25(14-17(3)4)15-18-9-11-19(12-10-18)22-23-20-7-5-6-8-21(20)24-22/h5-12,16-17H,13-15H2,1-4H3,(H,23,24). The van der Waals surface area contributed by atoms with E-state index in [9.17, 15) is 0 Å². The molecule has 0 saturated heterocycles. The van der Waals surface area contributed by atoms with Crippen LogP contribution in [-0.4, -0.2) is 28.0 Å². The van der Waals surface area contributed by atoms with Crippen LogP contribution in [0.1, 0.15) is 33.3 Å². The first kappa shape index (κ1) is 17.7. The molecule has 3 aromatic rings. The summed E-state index contributed by atoms with van der Waals surface area (Å²) in [6.07, 6.45) is 0. The van der Waals surface area contributed by atoms with Gasteiger partial charge in [-0.15, -0.1) is 0 Å². The van der Waals surface area contributed by atoms with Crippen LogP contribution in [0.5, 0.6) is 0 Å². The Morgan fingerprint density at radius 3 is 2.12 bits per heavy atom. The van der Waals surface area contributed by atoms with Crippen LogP contribution >= 0.6 is 0 Å². The summed E-state index contributed by atoms with van der Waals surface area (Å²) in [6.45, 7) is 12.5. The molecular formula is C22H29N3. The van der Waals surface area contributed by atoms with E-state index in [1.807, 2.05) is 18.2 Å². The van der Waals surface area contributed by atoms with Crippen molar-refractivity contribution >= 4 is 11.0 Å². The van der Waals surface area contributed by atoms with Crippen molar-refractivity contribution < 1.29 is 0 Å². The van der Waals surface area contributed by atoms with Crippen LogP contribution in [0.2, 0.25) is 0 Å². The summed E-state index contributed by atoms with van der Waals surface area (Å²) >= 11 is 0. The highest BCUT2D eigenvalue weighted by atomic mass is 15.1. The second-order valence-corrected chi connectivity index (χ2v) is 7.78. The summed E-state index contributed by atoms with van der Waals surface area (Å²) in [5.74, 6) is 2.32. The Morgan fingerprint density at radius 1 is 0.880 bits per heavy atom. The van der Waals surface area contributed by atoms with E-state index in [4.69, 9.17) is 0 Å². The zero-order valence-electron chi connectivity index (χ0n) is 15.8. The molecule has 0 saturated carbocycles. The van der Waals surface area contributed by atoms with Gasteiger partial charge in [0.2, 0.25) is 0 Å². The maximum absolute atomic E-state index is 4.69. The molecule has 0 atom stereocenters. The Bertz CT molecular complexity index is 757. The van der Waals surface area contributed by atoms with Crippen molar-refractivity contribution in [1.82, 2.24) is 14.9 Å². The molecule has 3 nitrogen and oxygen atoms in total. The van der Waals surface area contributed by atoms with Gasteiger partial charge in [-0.1, -0.05) is 64.1 Å². The van der Waals surface area contributed by atoms with Crippen molar-refractivity contribution in [2.75, 3.05) is 13.1 Å². The van der Waals surface area contributed by atoms with Crippen molar-refractivity contribution in [2.24, 2.45) is 11.8 Å². The van der Waals surface area contributed by atoms with Gasteiger partial charge in [0.05, 0.1) is 11.0 Å². The topological polar surface area (TPSA) is 31.9 Å².